The van der Waals surface area contributed by atoms with Crippen LogP contribution in [0, 0.1) is 6.92 Å². The van der Waals surface area contributed by atoms with E-state index in [9.17, 15) is 10.2 Å². The van der Waals surface area contributed by atoms with Crippen LogP contribution in [0.15, 0.2) is 30.5 Å². The van der Waals surface area contributed by atoms with Crippen LogP contribution in [0.1, 0.15) is 23.7 Å². The monoisotopic (exact) mass is 262 g/mol. The topological polar surface area (TPSA) is 67.5 Å². The van der Waals surface area contributed by atoms with E-state index in [1.54, 1.807) is 24.9 Å². The van der Waals surface area contributed by atoms with Crippen LogP contribution in [0.5, 0.6) is 5.75 Å². The third kappa shape index (κ3) is 3.13. The SMILES string of the molecule is COc1ccc(Cn2cc(C)c(C(C)(O)O)n2)cc1. The number of rotatable bonds is 4. The van der Waals surface area contributed by atoms with Gasteiger partial charge >= 0.3 is 0 Å². The van der Waals surface area contributed by atoms with Crippen LogP contribution in [0.4, 0.5) is 0 Å². The predicted molar refractivity (Wildman–Crippen MR) is 70.8 cm³/mol. The molecule has 0 aliphatic rings. The van der Waals surface area contributed by atoms with E-state index in [4.69, 9.17) is 4.74 Å². The highest BCUT2D eigenvalue weighted by Gasteiger charge is 2.24. The fourth-order valence-electron chi connectivity index (χ4n) is 1.99. The summed E-state index contributed by atoms with van der Waals surface area (Å²) in [6.45, 7) is 3.68. The van der Waals surface area contributed by atoms with Gasteiger partial charge in [0.1, 0.15) is 11.4 Å². The maximum Gasteiger partial charge on any atom is 0.206 e. The van der Waals surface area contributed by atoms with Crippen molar-refractivity contribution >= 4 is 0 Å². The smallest absolute Gasteiger partial charge is 0.206 e. The van der Waals surface area contributed by atoms with Crippen molar-refractivity contribution in [3.63, 3.8) is 0 Å². The summed E-state index contributed by atoms with van der Waals surface area (Å²) < 4.78 is 6.79. The molecule has 0 saturated heterocycles. The highest BCUT2D eigenvalue weighted by molar-refractivity contribution is 5.27. The summed E-state index contributed by atoms with van der Waals surface area (Å²) in [5, 5.41) is 23.4. The van der Waals surface area contributed by atoms with E-state index in [1.807, 2.05) is 24.3 Å². The van der Waals surface area contributed by atoms with Crippen LogP contribution >= 0.6 is 0 Å². The average molecular weight is 262 g/mol. The maximum absolute atomic E-state index is 9.58. The van der Waals surface area contributed by atoms with Crippen molar-refractivity contribution in [2.75, 3.05) is 7.11 Å². The van der Waals surface area contributed by atoms with Gasteiger partial charge < -0.3 is 14.9 Å². The van der Waals surface area contributed by atoms with Crippen LogP contribution in [0.2, 0.25) is 0 Å². The first-order chi connectivity index (χ1) is 8.90. The molecule has 19 heavy (non-hydrogen) atoms. The number of hydrogen-bond acceptors (Lipinski definition) is 4. The van der Waals surface area contributed by atoms with E-state index >= 15 is 0 Å². The Bertz CT molecular complexity index is 553. The highest BCUT2D eigenvalue weighted by Crippen LogP contribution is 2.20. The van der Waals surface area contributed by atoms with Crippen molar-refractivity contribution in [1.82, 2.24) is 9.78 Å². The molecule has 5 nitrogen and oxygen atoms in total. The third-order valence-electron chi connectivity index (χ3n) is 2.90. The van der Waals surface area contributed by atoms with Gasteiger partial charge in [-0.2, -0.15) is 5.10 Å². The summed E-state index contributed by atoms with van der Waals surface area (Å²) in [7, 11) is 1.63. The molecule has 2 aromatic rings. The molecule has 0 aliphatic carbocycles. The van der Waals surface area contributed by atoms with Crippen LogP contribution in [0.3, 0.4) is 0 Å². The minimum Gasteiger partial charge on any atom is -0.497 e. The van der Waals surface area contributed by atoms with Crippen molar-refractivity contribution in [2.45, 2.75) is 26.2 Å². The van der Waals surface area contributed by atoms with Gasteiger partial charge in [0, 0.05) is 6.20 Å². The van der Waals surface area contributed by atoms with Gasteiger partial charge in [-0.15, -0.1) is 0 Å². The van der Waals surface area contributed by atoms with Crippen molar-refractivity contribution in [3.8, 4) is 5.75 Å². The zero-order valence-corrected chi connectivity index (χ0v) is 11.3. The molecule has 1 heterocycles. The second-order valence-corrected chi connectivity index (χ2v) is 4.73. The fraction of sp³-hybridized carbons (Fsp3) is 0.357. The van der Waals surface area contributed by atoms with Crippen LogP contribution in [-0.2, 0) is 12.3 Å². The van der Waals surface area contributed by atoms with E-state index in [1.165, 1.54) is 6.92 Å². The first-order valence-corrected chi connectivity index (χ1v) is 6.02. The van der Waals surface area contributed by atoms with E-state index < -0.39 is 5.79 Å². The molecule has 0 fully saturated rings. The fourth-order valence-corrected chi connectivity index (χ4v) is 1.99. The molecule has 1 aromatic heterocycles. The number of aryl methyl sites for hydroxylation is 1. The Morgan fingerprint density at radius 3 is 2.37 bits per heavy atom. The number of aliphatic hydroxyl groups is 2. The molecular weight excluding hydrogens is 244 g/mol. The molecule has 0 unspecified atom stereocenters. The summed E-state index contributed by atoms with van der Waals surface area (Å²) >= 11 is 0. The second kappa shape index (κ2) is 5.03. The summed E-state index contributed by atoms with van der Waals surface area (Å²) in [5.74, 6) is -1.10. The number of aromatic nitrogens is 2. The van der Waals surface area contributed by atoms with Crippen molar-refractivity contribution in [2.24, 2.45) is 0 Å². The molecule has 0 bridgehead atoms. The van der Waals surface area contributed by atoms with Gasteiger partial charge in [-0.25, -0.2) is 0 Å². The molecule has 0 amide bonds. The van der Waals surface area contributed by atoms with Crippen molar-refractivity contribution < 1.29 is 14.9 Å². The standard InChI is InChI=1S/C14H18N2O3/c1-10-8-16(15-13(10)14(2,17)18)9-11-4-6-12(19-3)7-5-11/h4-8,17-18H,9H2,1-3H3. The van der Waals surface area contributed by atoms with Crippen LogP contribution in [-0.4, -0.2) is 27.1 Å². The zero-order valence-electron chi connectivity index (χ0n) is 11.3. The first kappa shape index (κ1) is 13.6. The Morgan fingerprint density at radius 1 is 1.26 bits per heavy atom. The number of hydrogen-bond donors (Lipinski definition) is 2. The molecule has 0 atom stereocenters. The Morgan fingerprint density at radius 2 is 1.89 bits per heavy atom. The van der Waals surface area contributed by atoms with E-state index in [0.29, 0.717) is 6.54 Å². The molecule has 5 heteroatoms. The molecule has 0 aliphatic heterocycles. The van der Waals surface area contributed by atoms with E-state index in [-0.39, 0.29) is 5.69 Å². The van der Waals surface area contributed by atoms with Crippen molar-refractivity contribution in [1.29, 1.82) is 0 Å². The van der Waals surface area contributed by atoms with Crippen molar-refractivity contribution in [3.05, 3.63) is 47.3 Å². The number of benzene rings is 1. The Labute approximate surface area is 112 Å². The van der Waals surface area contributed by atoms with E-state index in [2.05, 4.69) is 5.10 Å². The predicted octanol–water partition coefficient (Wildman–Crippen LogP) is 1.41. The molecule has 2 rings (SSSR count). The Hall–Kier alpha value is -1.85. The van der Waals surface area contributed by atoms with E-state index in [0.717, 1.165) is 16.9 Å². The van der Waals surface area contributed by atoms with Gasteiger partial charge in [0.15, 0.2) is 0 Å². The number of nitrogens with zero attached hydrogens (tertiary/aromatic N) is 2. The van der Waals surface area contributed by atoms with Gasteiger partial charge in [-0.05, 0) is 37.1 Å². The lowest BCUT2D eigenvalue weighted by molar-refractivity contribution is -0.156. The van der Waals surface area contributed by atoms with Gasteiger partial charge in [0.25, 0.3) is 0 Å². The summed E-state index contributed by atoms with van der Waals surface area (Å²) in [4.78, 5) is 0. The zero-order chi connectivity index (χ0) is 14.0. The number of methoxy groups -OCH3 is 1. The molecule has 102 valence electrons. The largest absolute Gasteiger partial charge is 0.497 e. The molecule has 2 N–H and O–H groups in total. The third-order valence-corrected chi connectivity index (χ3v) is 2.90. The summed E-state index contributed by atoms with van der Waals surface area (Å²) in [5.41, 5.74) is 2.09. The summed E-state index contributed by atoms with van der Waals surface area (Å²) in [6.07, 6.45) is 1.80. The minimum atomic E-state index is -1.91. The average Bonchev–Trinajstić information content (AvgIpc) is 2.71. The molecule has 0 spiro atoms. The molecule has 1 aromatic carbocycles. The van der Waals surface area contributed by atoms with Gasteiger partial charge in [-0.1, -0.05) is 12.1 Å². The normalized spacial score (nSPS) is 11.6. The Kier molecular flexibility index (Phi) is 3.59. The lowest BCUT2D eigenvalue weighted by Gasteiger charge is -2.13. The quantitative estimate of drug-likeness (QED) is 0.817. The number of ether oxygens (including phenoxy) is 1. The van der Waals surface area contributed by atoms with Gasteiger partial charge in [0.2, 0.25) is 5.79 Å². The first-order valence-electron chi connectivity index (χ1n) is 6.02. The Balaban J connectivity index is 2.19. The molecular formula is C14H18N2O3. The summed E-state index contributed by atoms with van der Waals surface area (Å²) in [6, 6.07) is 7.67. The maximum atomic E-state index is 9.58. The second-order valence-electron chi connectivity index (χ2n) is 4.73. The highest BCUT2D eigenvalue weighted by atomic mass is 16.5. The molecule has 0 radical (unpaired) electrons. The van der Waals surface area contributed by atoms with Gasteiger partial charge in [-0.3, -0.25) is 4.68 Å². The lowest BCUT2D eigenvalue weighted by atomic mass is 10.1. The lowest BCUT2D eigenvalue weighted by Crippen LogP contribution is -2.22. The van der Waals surface area contributed by atoms with Crippen LogP contribution < -0.4 is 4.74 Å². The van der Waals surface area contributed by atoms with Crippen LogP contribution in [0.25, 0.3) is 0 Å². The van der Waals surface area contributed by atoms with Gasteiger partial charge in [0.05, 0.1) is 13.7 Å². The minimum absolute atomic E-state index is 0.279. The molecule has 0 saturated carbocycles.